The van der Waals surface area contributed by atoms with Crippen LogP contribution in [-0.2, 0) is 22.6 Å². The molecule has 184 valence electrons. The van der Waals surface area contributed by atoms with Crippen molar-refractivity contribution in [3.63, 3.8) is 0 Å². The normalized spacial score (nSPS) is 13.0. The number of rotatable bonds is 10. The van der Waals surface area contributed by atoms with E-state index in [1.165, 1.54) is 11.6 Å². The lowest BCUT2D eigenvalue weighted by atomic mass is 10.1. The highest BCUT2D eigenvalue weighted by atomic mass is 16.7. The zero-order valence-corrected chi connectivity index (χ0v) is 19.9. The third kappa shape index (κ3) is 5.62. The summed E-state index contributed by atoms with van der Waals surface area (Å²) in [7, 11) is 0. The van der Waals surface area contributed by atoms with Crippen molar-refractivity contribution in [2.75, 3.05) is 6.79 Å². The van der Waals surface area contributed by atoms with Gasteiger partial charge in [-0.25, -0.2) is 9.48 Å². The zero-order chi connectivity index (χ0) is 24.8. The summed E-state index contributed by atoms with van der Waals surface area (Å²) >= 11 is 0. The number of amides is 1. The molecular formula is C26H29N3O6. The predicted molar refractivity (Wildman–Crippen MR) is 129 cm³/mol. The number of aryl methyl sites for hydroxylation is 1. The molecule has 1 amide bonds. The fraction of sp³-hybridized carbons (Fsp3) is 0.385. The molecule has 2 heterocycles. The van der Waals surface area contributed by atoms with Crippen molar-refractivity contribution in [1.82, 2.24) is 15.1 Å². The van der Waals surface area contributed by atoms with E-state index in [1.807, 2.05) is 6.07 Å². The monoisotopic (exact) mass is 479 g/mol. The van der Waals surface area contributed by atoms with E-state index in [1.54, 1.807) is 36.4 Å². The Morgan fingerprint density at radius 3 is 2.66 bits per heavy atom. The summed E-state index contributed by atoms with van der Waals surface area (Å²) in [6.07, 6.45) is 2.84. The van der Waals surface area contributed by atoms with E-state index >= 15 is 0 Å². The van der Waals surface area contributed by atoms with Crippen LogP contribution in [0.25, 0.3) is 10.8 Å². The second kappa shape index (κ2) is 11.0. The third-order valence-corrected chi connectivity index (χ3v) is 5.84. The number of fused-ring (bicyclic) bond motifs is 2. The summed E-state index contributed by atoms with van der Waals surface area (Å²) in [6, 6.07) is 12.2. The first-order valence-electron chi connectivity index (χ1n) is 11.8. The van der Waals surface area contributed by atoms with Gasteiger partial charge in [0.2, 0.25) is 6.79 Å². The van der Waals surface area contributed by atoms with Gasteiger partial charge in [-0.05, 0) is 37.1 Å². The van der Waals surface area contributed by atoms with Crippen molar-refractivity contribution >= 4 is 22.6 Å². The van der Waals surface area contributed by atoms with Crippen molar-refractivity contribution < 1.29 is 23.8 Å². The largest absolute Gasteiger partial charge is 0.454 e. The van der Waals surface area contributed by atoms with Gasteiger partial charge in [-0.15, -0.1) is 0 Å². The van der Waals surface area contributed by atoms with Gasteiger partial charge < -0.3 is 19.5 Å². The number of nitrogens with one attached hydrogen (secondary N) is 1. The number of benzene rings is 2. The molecule has 35 heavy (non-hydrogen) atoms. The first kappa shape index (κ1) is 24.3. The Morgan fingerprint density at radius 2 is 1.86 bits per heavy atom. The molecule has 0 aliphatic carbocycles. The Bertz CT molecular complexity index is 1290. The van der Waals surface area contributed by atoms with E-state index in [2.05, 4.69) is 17.3 Å². The molecule has 0 bridgehead atoms. The molecule has 4 rings (SSSR count). The summed E-state index contributed by atoms with van der Waals surface area (Å²) in [5.41, 5.74) is 0.596. The minimum atomic E-state index is -1.05. The molecule has 3 aromatic rings. The fourth-order valence-electron chi connectivity index (χ4n) is 3.88. The van der Waals surface area contributed by atoms with Gasteiger partial charge in [-0.3, -0.25) is 9.59 Å². The smallest absolute Gasteiger partial charge is 0.360 e. The number of esters is 1. The molecule has 0 radical (unpaired) electrons. The van der Waals surface area contributed by atoms with Crippen LogP contribution in [0.3, 0.4) is 0 Å². The van der Waals surface area contributed by atoms with Gasteiger partial charge in [-0.2, -0.15) is 5.10 Å². The lowest BCUT2D eigenvalue weighted by Gasteiger charge is -2.15. The second-order valence-electron chi connectivity index (χ2n) is 8.44. The summed E-state index contributed by atoms with van der Waals surface area (Å²) in [5.74, 6) is 0.0789. The lowest BCUT2D eigenvalue weighted by molar-refractivity contribution is -0.129. The van der Waals surface area contributed by atoms with Gasteiger partial charge in [0, 0.05) is 18.5 Å². The summed E-state index contributed by atoms with van der Waals surface area (Å²) in [5, 5.41) is 7.86. The SMILES string of the molecule is CCCCCCn1nc(C(=O)OC(C)C(=O)NCc2ccc3c(c2)OCO3)c2ccccc2c1=O. The van der Waals surface area contributed by atoms with Crippen LogP contribution in [0.1, 0.15) is 55.6 Å². The van der Waals surface area contributed by atoms with Crippen LogP contribution in [0.4, 0.5) is 0 Å². The maximum Gasteiger partial charge on any atom is 0.360 e. The molecule has 1 aliphatic heterocycles. The van der Waals surface area contributed by atoms with Gasteiger partial charge in [0.1, 0.15) is 0 Å². The van der Waals surface area contributed by atoms with E-state index in [4.69, 9.17) is 14.2 Å². The van der Waals surface area contributed by atoms with E-state index in [9.17, 15) is 14.4 Å². The van der Waals surface area contributed by atoms with Crippen LogP contribution >= 0.6 is 0 Å². The maximum absolute atomic E-state index is 13.0. The Morgan fingerprint density at radius 1 is 1.09 bits per heavy atom. The van der Waals surface area contributed by atoms with Crippen molar-refractivity contribution in [2.24, 2.45) is 0 Å². The van der Waals surface area contributed by atoms with E-state index in [-0.39, 0.29) is 24.6 Å². The van der Waals surface area contributed by atoms with Gasteiger partial charge in [0.05, 0.1) is 5.39 Å². The van der Waals surface area contributed by atoms with Gasteiger partial charge in [0.15, 0.2) is 23.3 Å². The highest BCUT2D eigenvalue weighted by Gasteiger charge is 2.23. The number of aromatic nitrogens is 2. The number of nitrogens with zero attached hydrogens (tertiary/aromatic N) is 2. The van der Waals surface area contributed by atoms with Crippen LogP contribution in [0.2, 0.25) is 0 Å². The molecule has 9 nitrogen and oxygen atoms in total. The average molecular weight is 480 g/mol. The van der Waals surface area contributed by atoms with Crippen molar-refractivity contribution in [3.05, 3.63) is 64.1 Å². The minimum absolute atomic E-state index is 0.0195. The summed E-state index contributed by atoms with van der Waals surface area (Å²) in [4.78, 5) is 38.4. The average Bonchev–Trinajstić information content (AvgIpc) is 3.34. The van der Waals surface area contributed by atoms with Crippen LogP contribution in [-0.4, -0.2) is 34.6 Å². The lowest BCUT2D eigenvalue weighted by Crippen LogP contribution is -2.36. The summed E-state index contributed by atoms with van der Waals surface area (Å²) in [6.45, 7) is 4.43. The molecule has 9 heteroatoms. The number of hydrogen-bond acceptors (Lipinski definition) is 7. The van der Waals surface area contributed by atoms with Gasteiger partial charge >= 0.3 is 5.97 Å². The first-order chi connectivity index (χ1) is 17.0. The highest BCUT2D eigenvalue weighted by molar-refractivity contribution is 6.02. The minimum Gasteiger partial charge on any atom is -0.454 e. The molecule has 2 aromatic carbocycles. The van der Waals surface area contributed by atoms with Crippen molar-refractivity contribution in [1.29, 1.82) is 0 Å². The molecular weight excluding hydrogens is 450 g/mol. The highest BCUT2D eigenvalue weighted by Crippen LogP contribution is 2.32. The van der Waals surface area contributed by atoms with Crippen molar-refractivity contribution in [3.8, 4) is 11.5 Å². The number of unbranched alkanes of at least 4 members (excludes halogenated alkanes) is 3. The Balaban J connectivity index is 1.44. The zero-order valence-electron chi connectivity index (χ0n) is 19.9. The van der Waals surface area contributed by atoms with E-state index < -0.39 is 18.0 Å². The Labute approximate surface area is 203 Å². The van der Waals surface area contributed by atoms with Crippen LogP contribution in [0.5, 0.6) is 11.5 Å². The quantitative estimate of drug-likeness (QED) is 0.350. The van der Waals surface area contributed by atoms with Gasteiger partial charge in [0.25, 0.3) is 11.5 Å². The van der Waals surface area contributed by atoms with Crippen LogP contribution in [0.15, 0.2) is 47.3 Å². The maximum atomic E-state index is 13.0. The molecule has 1 N–H and O–H groups in total. The number of ether oxygens (including phenoxy) is 3. The standard InChI is InChI=1S/C26H29N3O6/c1-3-4-5-8-13-29-25(31)20-10-7-6-9-19(20)23(28-29)26(32)35-17(2)24(30)27-15-18-11-12-21-22(14-18)34-16-33-21/h6-7,9-12,14,17H,3-5,8,13,15-16H2,1-2H3,(H,27,30). The summed E-state index contributed by atoms with van der Waals surface area (Å²) < 4.78 is 17.4. The molecule has 0 spiro atoms. The van der Waals surface area contributed by atoms with E-state index in [0.717, 1.165) is 31.2 Å². The first-order valence-corrected chi connectivity index (χ1v) is 11.8. The number of hydrogen-bond donors (Lipinski definition) is 1. The Hall–Kier alpha value is -3.88. The third-order valence-electron chi connectivity index (χ3n) is 5.84. The topological polar surface area (TPSA) is 109 Å². The molecule has 0 saturated carbocycles. The molecule has 1 unspecified atom stereocenters. The molecule has 1 aliphatic rings. The van der Waals surface area contributed by atoms with Crippen molar-refractivity contribution in [2.45, 2.75) is 58.7 Å². The molecule has 1 atom stereocenters. The number of carbonyl (C=O) groups is 2. The fourth-order valence-corrected chi connectivity index (χ4v) is 3.88. The second-order valence-corrected chi connectivity index (χ2v) is 8.44. The molecule has 0 saturated heterocycles. The van der Waals surface area contributed by atoms with Gasteiger partial charge in [-0.1, -0.05) is 50.5 Å². The van der Waals surface area contributed by atoms with E-state index in [0.29, 0.717) is 28.8 Å². The predicted octanol–water partition coefficient (Wildman–Crippen LogP) is 3.57. The Kier molecular flexibility index (Phi) is 7.64. The van der Waals surface area contributed by atoms with Crippen LogP contribution in [0, 0.1) is 0 Å². The van der Waals surface area contributed by atoms with Crippen LogP contribution < -0.4 is 20.3 Å². The molecule has 0 fully saturated rings. The molecule has 1 aromatic heterocycles. The number of carbonyl (C=O) groups excluding carboxylic acids is 2.